The van der Waals surface area contributed by atoms with Gasteiger partial charge in [-0.1, -0.05) is 6.07 Å². The van der Waals surface area contributed by atoms with Crippen LogP contribution in [0.25, 0.3) is 16.9 Å². The number of hydrogen-bond donors (Lipinski definition) is 1. The highest BCUT2D eigenvalue weighted by Crippen LogP contribution is 2.37. The minimum absolute atomic E-state index is 0.260. The van der Waals surface area contributed by atoms with E-state index in [2.05, 4.69) is 33.9 Å². The minimum atomic E-state index is 0.260. The normalized spacial score (nSPS) is 12.5. The van der Waals surface area contributed by atoms with E-state index in [4.69, 9.17) is 14.5 Å². The zero-order chi connectivity index (χ0) is 17.5. The van der Waals surface area contributed by atoms with E-state index in [9.17, 15) is 0 Å². The summed E-state index contributed by atoms with van der Waals surface area (Å²) in [4.78, 5) is 8.92. The van der Waals surface area contributed by atoms with Crippen molar-refractivity contribution in [2.75, 3.05) is 12.1 Å². The van der Waals surface area contributed by atoms with Crippen molar-refractivity contribution in [1.29, 1.82) is 0 Å². The Morgan fingerprint density at radius 2 is 1.85 bits per heavy atom. The lowest BCUT2D eigenvalue weighted by Gasteiger charge is -2.10. The lowest BCUT2D eigenvalue weighted by molar-refractivity contribution is 0.174. The Hall–Kier alpha value is -3.54. The van der Waals surface area contributed by atoms with E-state index >= 15 is 0 Å². The van der Waals surface area contributed by atoms with Crippen molar-refractivity contribution in [3.8, 4) is 22.8 Å². The molecule has 1 aromatic carbocycles. The van der Waals surface area contributed by atoms with Gasteiger partial charge in [-0.15, -0.1) is 0 Å². The van der Waals surface area contributed by atoms with Gasteiger partial charge in [0, 0.05) is 35.9 Å². The Balaban J connectivity index is 1.66. The molecule has 3 aromatic heterocycles. The van der Waals surface area contributed by atoms with E-state index in [1.807, 2.05) is 36.4 Å². The van der Waals surface area contributed by atoms with Crippen LogP contribution < -0.4 is 14.8 Å². The second kappa shape index (κ2) is 5.77. The molecule has 6 heteroatoms. The molecule has 0 spiro atoms. The number of ether oxygens (including phenoxy) is 2. The van der Waals surface area contributed by atoms with E-state index < -0.39 is 0 Å². The highest BCUT2D eigenvalue weighted by Gasteiger charge is 2.17. The molecule has 4 heterocycles. The molecular weight excluding hydrogens is 328 g/mol. The number of benzene rings is 1. The number of rotatable bonds is 3. The summed E-state index contributed by atoms with van der Waals surface area (Å²) in [6.45, 7) is 2.33. The standard InChI is InChI=1S/C20H16N4O2/c1-13-2-5-18-23-19(14-6-8-21-9-7-14)20(24(18)11-13)22-15-3-4-16-17(10-15)26-12-25-16/h2-11,22H,12H2,1H3. The van der Waals surface area contributed by atoms with Crippen LogP contribution in [0.3, 0.4) is 0 Å². The zero-order valence-electron chi connectivity index (χ0n) is 14.1. The summed E-state index contributed by atoms with van der Waals surface area (Å²) in [5.41, 5.74) is 4.82. The lowest BCUT2D eigenvalue weighted by Crippen LogP contribution is -1.97. The van der Waals surface area contributed by atoms with E-state index in [1.165, 1.54) is 0 Å². The number of hydrogen-bond acceptors (Lipinski definition) is 5. The van der Waals surface area contributed by atoms with E-state index in [0.29, 0.717) is 0 Å². The van der Waals surface area contributed by atoms with Crippen LogP contribution >= 0.6 is 0 Å². The lowest BCUT2D eigenvalue weighted by atomic mass is 10.2. The molecule has 26 heavy (non-hydrogen) atoms. The van der Waals surface area contributed by atoms with Crippen LogP contribution in [0.15, 0.2) is 61.1 Å². The predicted molar refractivity (Wildman–Crippen MR) is 99.0 cm³/mol. The van der Waals surface area contributed by atoms with E-state index in [-0.39, 0.29) is 6.79 Å². The maximum Gasteiger partial charge on any atom is 0.231 e. The summed E-state index contributed by atoms with van der Waals surface area (Å²) in [7, 11) is 0. The summed E-state index contributed by atoms with van der Waals surface area (Å²) in [6.07, 6.45) is 5.62. The molecule has 0 unspecified atom stereocenters. The molecule has 1 aliphatic heterocycles. The summed E-state index contributed by atoms with van der Waals surface area (Å²) in [5.74, 6) is 2.40. The number of pyridine rings is 2. The Kier molecular flexibility index (Phi) is 3.28. The molecule has 0 fully saturated rings. The Labute approximate surface area is 150 Å². The third kappa shape index (κ3) is 2.43. The maximum atomic E-state index is 5.49. The summed E-state index contributed by atoms with van der Waals surface area (Å²) < 4.78 is 12.9. The van der Waals surface area contributed by atoms with Gasteiger partial charge in [0.05, 0.1) is 0 Å². The van der Waals surface area contributed by atoms with Gasteiger partial charge in [0.2, 0.25) is 6.79 Å². The highest BCUT2D eigenvalue weighted by molar-refractivity contribution is 5.80. The first-order valence-electron chi connectivity index (χ1n) is 8.34. The van der Waals surface area contributed by atoms with Crippen LogP contribution in [0.2, 0.25) is 0 Å². The van der Waals surface area contributed by atoms with Crippen molar-refractivity contribution in [1.82, 2.24) is 14.4 Å². The zero-order valence-corrected chi connectivity index (χ0v) is 14.1. The van der Waals surface area contributed by atoms with Crippen molar-refractivity contribution >= 4 is 17.2 Å². The van der Waals surface area contributed by atoms with Crippen molar-refractivity contribution in [3.05, 3.63) is 66.6 Å². The molecule has 0 saturated carbocycles. The smallest absolute Gasteiger partial charge is 0.231 e. The molecule has 0 amide bonds. The fraction of sp³-hybridized carbons (Fsp3) is 0.100. The van der Waals surface area contributed by atoms with Gasteiger partial charge in [-0.2, -0.15) is 0 Å². The maximum absolute atomic E-state index is 5.49. The van der Waals surface area contributed by atoms with Crippen LogP contribution in [-0.4, -0.2) is 21.2 Å². The number of imidazole rings is 1. The van der Waals surface area contributed by atoms with Crippen molar-refractivity contribution in [2.45, 2.75) is 6.92 Å². The van der Waals surface area contributed by atoms with Gasteiger partial charge in [-0.25, -0.2) is 4.98 Å². The quantitative estimate of drug-likeness (QED) is 0.604. The summed E-state index contributed by atoms with van der Waals surface area (Å²) in [6, 6.07) is 13.8. The summed E-state index contributed by atoms with van der Waals surface area (Å²) >= 11 is 0. The molecule has 1 aliphatic rings. The first-order valence-corrected chi connectivity index (χ1v) is 8.34. The number of anilines is 2. The summed E-state index contributed by atoms with van der Waals surface area (Å²) in [5, 5.41) is 3.50. The SMILES string of the molecule is Cc1ccc2nc(-c3ccncc3)c(Nc3ccc4c(c3)OCO4)n2c1. The molecule has 1 N–H and O–H groups in total. The molecule has 0 aliphatic carbocycles. The fourth-order valence-corrected chi connectivity index (χ4v) is 3.09. The first-order chi connectivity index (χ1) is 12.8. The minimum Gasteiger partial charge on any atom is -0.454 e. The van der Waals surface area contributed by atoms with Gasteiger partial charge in [-0.3, -0.25) is 9.38 Å². The Morgan fingerprint density at radius 3 is 2.73 bits per heavy atom. The molecule has 0 bridgehead atoms. The van der Waals surface area contributed by atoms with Gasteiger partial charge < -0.3 is 14.8 Å². The van der Waals surface area contributed by atoms with Gasteiger partial charge >= 0.3 is 0 Å². The third-order valence-electron chi connectivity index (χ3n) is 4.36. The largest absolute Gasteiger partial charge is 0.454 e. The fourth-order valence-electron chi connectivity index (χ4n) is 3.09. The molecule has 4 aromatic rings. The first kappa shape index (κ1) is 14.8. The van der Waals surface area contributed by atoms with Crippen molar-refractivity contribution in [3.63, 3.8) is 0 Å². The highest BCUT2D eigenvalue weighted by atomic mass is 16.7. The van der Waals surface area contributed by atoms with Crippen LogP contribution in [0, 0.1) is 6.92 Å². The van der Waals surface area contributed by atoms with Crippen LogP contribution in [0.1, 0.15) is 5.56 Å². The monoisotopic (exact) mass is 344 g/mol. The van der Waals surface area contributed by atoms with Gasteiger partial charge in [0.25, 0.3) is 0 Å². The van der Waals surface area contributed by atoms with Crippen molar-refractivity contribution in [2.24, 2.45) is 0 Å². The van der Waals surface area contributed by atoms with E-state index in [0.717, 1.165) is 45.5 Å². The van der Waals surface area contributed by atoms with Gasteiger partial charge in [0.15, 0.2) is 11.5 Å². The Bertz CT molecular complexity index is 1110. The van der Waals surface area contributed by atoms with Gasteiger partial charge in [0.1, 0.15) is 17.2 Å². The topological polar surface area (TPSA) is 60.7 Å². The molecule has 5 rings (SSSR count). The van der Waals surface area contributed by atoms with Crippen LogP contribution in [0.4, 0.5) is 11.5 Å². The number of nitrogens with zero attached hydrogens (tertiary/aromatic N) is 3. The number of aryl methyl sites for hydroxylation is 1. The molecule has 128 valence electrons. The molecular formula is C20H16N4O2. The second-order valence-electron chi connectivity index (χ2n) is 6.17. The van der Waals surface area contributed by atoms with Gasteiger partial charge in [-0.05, 0) is 42.8 Å². The molecule has 0 saturated heterocycles. The number of fused-ring (bicyclic) bond motifs is 2. The van der Waals surface area contributed by atoms with E-state index in [1.54, 1.807) is 12.4 Å². The average molecular weight is 344 g/mol. The molecule has 6 nitrogen and oxygen atoms in total. The Morgan fingerprint density at radius 1 is 1.00 bits per heavy atom. The number of aromatic nitrogens is 3. The molecule has 0 radical (unpaired) electrons. The van der Waals surface area contributed by atoms with Crippen LogP contribution in [-0.2, 0) is 0 Å². The third-order valence-corrected chi connectivity index (χ3v) is 4.36. The average Bonchev–Trinajstić information content (AvgIpc) is 3.27. The predicted octanol–water partition coefficient (Wildman–Crippen LogP) is 4.18. The second-order valence-corrected chi connectivity index (χ2v) is 6.17. The van der Waals surface area contributed by atoms with Crippen molar-refractivity contribution < 1.29 is 9.47 Å². The van der Waals surface area contributed by atoms with Crippen LogP contribution in [0.5, 0.6) is 11.5 Å². The number of nitrogens with one attached hydrogen (secondary N) is 1. The molecule has 0 atom stereocenters.